The van der Waals surface area contributed by atoms with Gasteiger partial charge in [0.05, 0.1) is 5.69 Å². The Hall–Kier alpha value is -1.90. The van der Waals surface area contributed by atoms with Crippen molar-refractivity contribution in [3.8, 4) is 11.1 Å². The minimum atomic E-state index is 0.722. The molecule has 0 atom stereocenters. The van der Waals surface area contributed by atoms with Gasteiger partial charge in [-0.15, -0.1) is 0 Å². The third-order valence-electron chi connectivity index (χ3n) is 3.02. The molecule has 0 aliphatic rings. The molecule has 0 saturated carbocycles. The Kier molecular flexibility index (Phi) is 3.60. The minimum absolute atomic E-state index is 0.722. The van der Waals surface area contributed by atoms with Crippen molar-refractivity contribution < 1.29 is 4.79 Å². The number of carbonyl (C=O) groups is 1. The molecule has 0 N–H and O–H groups in total. The highest BCUT2D eigenvalue weighted by Crippen LogP contribution is 2.26. The quantitative estimate of drug-likeness (QED) is 0.770. The van der Waals surface area contributed by atoms with E-state index in [2.05, 4.69) is 12.0 Å². The third-order valence-corrected chi connectivity index (χ3v) is 3.02. The number of aryl methyl sites for hydroxylation is 3. The van der Waals surface area contributed by atoms with Crippen LogP contribution in [0.15, 0.2) is 24.4 Å². The topological polar surface area (TPSA) is 34.9 Å². The Balaban J connectivity index is 2.53. The van der Waals surface area contributed by atoms with Crippen molar-refractivity contribution in [3.63, 3.8) is 0 Å². The molecule has 0 bridgehead atoms. The summed E-state index contributed by atoms with van der Waals surface area (Å²) in [5.41, 5.74) is 4.87. The fourth-order valence-electron chi connectivity index (χ4n) is 2.13. The van der Waals surface area contributed by atoms with Crippen LogP contribution in [0.4, 0.5) is 0 Å². The van der Waals surface area contributed by atoms with Crippen LogP contribution in [0.5, 0.6) is 0 Å². The highest BCUT2D eigenvalue weighted by atomic mass is 16.1. The fraction of sp³-hybridized carbons (Fsp3) is 0.333. The molecule has 0 unspecified atom stereocenters. The summed E-state index contributed by atoms with van der Waals surface area (Å²) in [5, 5.41) is 4.48. The van der Waals surface area contributed by atoms with E-state index in [1.54, 1.807) is 0 Å². The van der Waals surface area contributed by atoms with Gasteiger partial charge in [-0.1, -0.05) is 30.7 Å². The molecule has 94 valence electrons. The van der Waals surface area contributed by atoms with E-state index in [4.69, 9.17) is 0 Å². The number of aromatic nitrogens is 2. The van der Waals surface area contributed by atoms with E-state index in [-0.39, 0.29) is 0 Å². The highest BCUT2D eigenvalue weighted by Gasteiger charge is 2.11. The molecule has 1 aromatic carbocycles. The molecule has 0 radical (unpaired) electrons. The minimum Gasteiger partial charge on any atom is -0.298 e. The van der Waals surface area contributed by atoms with Crippen molar-refractivity contribution in [3.05, 3.63) is 41.2 Å². The lowest BCUT2D eigenvalue weighted by Gasteiger charge is -2.04. The molecule has 0 aliphatic heterocycles. The van der Waals surface area contributed by atoms with Gasteiger partial charge in [0, 0.05) is 23.9 Å². The van der Waals surface area contributed by atoms with Crippen LogP contribution in [0, 0.1) is 13.8 Å². The van der Waals surface area contributed by atoms with E-state index < -0.39 is 0 Å². The third kappa shape index (κ3) is 2.35. The number of aldehydes is 1. The van der Waals surface area contributed by atoms with Gasteiger partial charge in [-0.2, -0.15) is 5.10 Å². The van der Waals surface area contributed by atoms with E-state index in [0.717, 1.165) is 47.2 Å². The zero-order valence-electron chi connectivity index (χ0n) is 11.1. The van der Waals surface area contributed by atoms with Gasteiger partial charge >= 0.3 is 0 Å². The molecule has 1 heterocycles. The number of rotatable bonds is 4. The lowest BCUT2D eigenvalue weighted by atomic mass is 9.99. The van der Waals surface area contributed by atoms with Crippen molar-refractivity contribution in [2.75, 3.05) is 0 Å². The number of carbonyl (C=O) groups excluding carboxylic acids is 1. The molecule has 2 aromatic rings. The van der Waals surface area contributed by atoms with E-state index >= 15 is 0 Å². The number of nitrogens with zero attached hydrogens (tertiary/aromatic N) is 2. The van der Waals surface area contributed by atoms with E-state index in [1.165, 1.54) is 0 Å². The molecule has 3 nitrogen and oxygen atoms in total. The van der Waals surface area contributed by atoms with Crippen LogP contribution < -0.4 is 0 Å². The maximum Gasteiger partial charge on any atom is 0.150 e. The summed E-state index contributed by atoms with van der Waals surface area (Å²) in [6, 6.07) is 5.87. The van der Waals surface area contributed by atoms with Crippen LogP contribution in [0.1, 0.15) is 35.0 Å². The number of hydrogen-bond donors (Lipinski definition) is 0. The summed E-state index contributed by atoms with van der Waals surface area (Å²) in [7, 11) is 0. The second kappa shape index (κ2) is 5.17. The predicted octanol–water partition coefficient (Wildman–Crippen LogP) is 3.39. The van der Waals surface area contributed by atoms with Crippen molar-refractivity contribution in [1.29, 1.82) is 0 Å². The molecular weight excluding hydrogens is 224 g/mol. The first kappa shape index (κ1) is 12.6. The first-order chi connectivity index (χ1) is 8.65. The van der Waals surface area contributed by atoms with Gasteiger partial charge in [-0.05, 0) is 25.8 Å². The summed E-state index contributed by atoms with van der Waals surface area (Å²) in [6.45, 7) is 7.05. The Morgan fingerprint density at radius 2 is 2.06 bits per heavy atom. The molecule has 0 fully saturated rings. The van der Waals surface area contributed by atoms with Crippen LogP contribution in [0.25, 0.3) is 11.1 Å². The zero-order valence-corrected chi connectivity index (χ0v) is 11.1. The summed E-state index contributed by atoms with van der Waals surface area (Å²) < 4.78 is 1.95. The van der Waals surface area contributed by atoms with Crippen LogP contribution in [-0.2, 0) is 6.54 Å². The Bertz CT molecular complexity index is 570. The monoisotopic (exact) mass is 242 g/mol. The molecule has 0 saturated heterocycles. The Morgan fingerprint density at radius 3 is 2.72 bits per heavy atom. The largest absolute Gasteiger partial charge is 0.298 e. The standard InChI is InChI=1S/C15H18N2O/c1-4-7-17-9-15(12(3)16-17)14-8-11(2)5-6-13(14)10-18/h5-6,8-10H,4,7H2,1-3H3. The summed E-state index contributed by atoms with van der Waals surface area (Å²) in [5.74, 6) is 0. The summed E-state index contributed by atoms with van der Waals surface area (Å²) in [4.78, 5) is 11.1. The molecule has 1 aromatic heterocycles. The van der Waals surface area contributed by atoms with Gasteiger partial charge in [0.15, 0.2) is 6.29 Å². The molecule has 0 aliphatic carbocycles. The van der Waals surface area contributed by atoms with Crippen molar-refractivity contribution in [2.24, 2.45) is 0 Å². The molecule has 18 heavy (non-hydrogen) atoms. The first-order valence-corrected chi connectivity index (χ1v) is 6.26. The second-order valence-corrected chi connectivity index (χ2v) is 4.60. The fourth-order valence-corrected chi connectivity index (χ4v) is 2.13. The van der Waals surface area contributed by atoms with Gasteiger partial charge in [-0.25, -0.2) is 0 Å². The number of hydrogen-bond acceptors (Lipinski definition) is 2. The van der Waals surface area contributed by atoms with Gasteiger partial charge in [0.2, 0.25) is 0 Å². The first-order valence-electron chi connectivity index (χ1n) is 6.26. The average Bonchev–Trinajstić information content (AvgIpc) is 2.70. The molecule has 3 heteroatoms. The van der Waals surface area contributed by atoms with Crippen molar-refractivity contribution in [2.45, 2.75) is 33.7 Å². The average molecular weight is 242 g/mol. The zero-order chi connectivity index (χ0) is 13.1. The van der Waals surface area contributed by atoms with E-state index in [1.807, 2.05) is 42.9 Å². The summed E-state index contributed by atoms with van der Waals surface area (Å²) >= 11 is 0. The maximum atomic E-state index is 11.1. The maximum absolute atomic E-state index is 11.1. The lowest BCUT2D eigenvalue weighted by Crippen LogP contribution is -1.96. The SMILES string of the molecule is CCCn1cc(-c2cc(C)ccc2C=O)c(C)n1. The van der Waals surface area contributed by atoms with E-state index in [9.17, 15) is 4.79 Å². The smallest absolute Gasteiger partial charge is 0.150 e. The Morgan fingerprint density at radius 1 is 1.28 bits per heavy atom. The van der Waals surface area contributed by atoms with Gasteiger partial charge in [0.1, 0.15) is 0 Å². The van der Waals surface area contributed by atoms with Crippen LogP contribution in [0.2, 0.25) is 0 Å². The van der Waals surface area contributed by atoms with Crippen LogP contribution in [-0.4, -0.2) is 16.1 Å². The van der Waals surface area contributed by atoms with Crippen molar-refractivity contribution >= 4 is 6.29 Å². The lowest BCUT2D eigenvalue weighted by molar-refractivity contribution is 0.112. The van der Waals surface area contributed by atoms with Gasteiger partial charge in [-0.3, -0.25) is 9.48 Å². The number of benzene rings is 1. The van der Waals surface area contributed by atoms with E-state index in [0.29, 0.717) is 0 Å². The summed E-state index contributed by atoms with van der Waals surface area (Å²) in [6.07, 6.45) is 3.99. The second-order valence-electron chi connectivity index (χ2n) is 4.60. The predicted molar refractivity (Wildman–Crippen MR) is 72.8 cm³/mol. The van der Waals surface area contributed by atoms with Gasteiger partial charge in [0.25, 0.3) is 0 Å². The molecule has 0 amide bonds. The van der Waals surface area contributed by atoms with Crippen LogP contribution in [0.3, 0.4) is 0 Å². The van der Waals surface area contributed by atoms with Crippen molar-refractivity contribution in [1.82, 2.24) is 9.78 Å². The molecule has 0 spiro atoms. The normalized spacial score (nSPS) is 10.6. The molecular formula is C15H18N2O. The highest BCUT2D eigenvalue weighted by molar-refractivity contribution is 5.88. The Labute approximate surface area is 107 Å². The van der Waals surface area contributed by atoms with Crippen LogP contribution >= 0.6 is 0 Å². The molecule has 2 rings (SSSR count). The van der Waals surface area contributed by atoms with Gasteiger partial charge < -0.3 is 0 Å².